The van der Waals surface area contributed by atoms with Gasteiger partial charge in [-0.15, -0.1) is 0 Å². The van der Waals surface area contributed by atoms with Crippen LogP contribution in [0.5, 0.6) is 11.5 Å². The smallest absolute Gasteiger partial charge is 0.435 e. The molecule has 0 spiro atoms. The average molecular weight is 391 g/mol. The van der Waals surface area contributed by atoms with E-state index in [1.165, 1.54) is 11.8 Å². The second-order valence-corrected chi connectivity index (χ2v) is 6.34. The Morgan fingerprint density at radius 2 is 1.64 bits per heavy atom. The van der Waals surface area contributed by atoms with E-state index in [-0.39, 0.29) is 6.04 Å². The van der Waals surface area contributed by atoms with Crippen molar-refractivity contribution in [2.75, 3.05) is 13.7 Å². The van der Waals surface area contributed by atoms with Crippen LogP contribution in [0.25, 0.3) is 16.9 Å². The summed E-state index contributed by atoms with van der Waals surface area (Å²) in [6.07, 6.45) is -4.55. The molecule has 0 saturated carbocycles. The van der Waals surface area contributed by atoms with Crippen molar-refractivity contribution in [1.82, 2.24) is 9.78 Å². The fourth-order valence-corrected chi connectivity index (χ4v) is 2.60. The standard InChI is InChI=1S/C20H20F3N3O2/c1-13(24)12-28-17-7-3-14(4-8-17)18-11-19(20(21,22)23)25-26(18)15-5-9-16(27-2)10-6-15/h3-11,13H,12,24H2,1-2H3/t13-/m0/s1. The van der Waals surface area contributed by atoms with E-state index in [1.54, 1.807) is 48.5 Å². The van der Waals surface area contributed by atoms with Gasteiger partial charge in [0.25, 0.3) is 0 Å². The molecule has 0 unspecified atom stereocenters. The first kappa shape index (κ1) is 19.8. The molecular formula is C20H20F3N3O2. The van der Waals surface area contributed by atoms with Crippen LogP contribution in [0.4, 0.5) is 13.2 Å². The monoisotopic (exact) mass is 391 g/mol. The molecule has 0 bridgehead atoms. The maximum absolute atomic E-state index is 13.2. The number of methoxy groups -OCH3 is 1. The number of alkyl halides is 3. The number of nitrogens with zero attached hydrogens (tertiary/aromatic N) is 2. The molecule has 3 aromatic rings. The molecule has 1 aromatic heterocycles. The maximum Gasteiger partial charge on any atom is 0.435 e. The summed E-state index contributed by atoms with van der Waals surface area (Å²) in [5.41, 5.74) is 6.08. The lowest BCUT2D eigenvalue weighted by Gasteiger charge is -2.11. The Balaban J connectivity index is 2.00. The maximum atomic E-state index is 13.2. The van der Waals surface area contributed by atoms with Gasteiger partial charge >= 0.3 is 6.18 Å². The summed E-state index contributed by atoms with van der Waals surface area (Å²) in [6.45, 7) is 2.17. The number of nitrogens with two attached hydrogens (primary N) is 1. The van der Waals surface area contributed by atoms with Gasteiger partial charge in [0.1, 0.15) is 18.1 Å². The molecule has 5 nitrogen and oxygen atoms in total. The highest BCUT2D eigenvalue weighted by atomic mass is 19.4. The highest BCUT2D eigenvalue weighted by Gasteiger charge is 2.35. The van der Waals surface area contributed by atoms with Gasteiger partial charge in [0, 0.05) is 11.6 Å². The number of hydrogen-bond donors (Lipinski definition) is 1. The van der Waals surface area contributed by atoms with Gasteiger partial charge in [0.2, 0.25) is 0 Å². The zero-order valence-electron chi connectivity index (χ0n) is 15.4. The largest absolute Gasteiger partial charge is 0.497 e. The van der Waals surface area contributed by atoms with Crippen molar-refractivity contribution in [3.8, 4) is 28.4 Å². The Kier molecular flexibility index (Phi) is 5.60. The lowest BCUT2D eigenvalue weighted by Crippen LogP contribution is -2.23. The first-order chi connectivity index (χ1) is 13.3. The lowest BCUT2D eigenvalue weighted by atomic mass is 10.1. The van der Waals surface area contributed by atoms with Crippen molar-refractivity contribution in [3.63, 3.8) is 0 Å². The summed E-state index contributed by atoms with van der Waals surface area (Å²) in [6, 6.07) is 14.3. The minimum absolute atomic E-state index is 0.120. The zero-order chi connectivity index (χ0) is 20.3. The van der Waals surface area contributed by atoms with Crippen LogP contribution in [0.2, 0.25) is 0 Å². The number of aromatic nitrogens is 2. The normalized spacial score (nSPS) is 12.6. The lowest BCUT2D eigenvalue weighted by molar-refractivity contribution is -0.141. The third-order valence-corrected chi connectivity index (χ3v) is 3.98. The van der Waals surface area contributed by atoms with Gasteiger partial charge in [-0.25, -0.2) is 4.68 Å². The Hall–Kier alpha value is -3.00. The molecule has 1 atom stereocenters. The average Bonchev–Trinajstić information content (AvgIpc) is 3.13. The summed E-state index contributed by atoms with van der Waals surface area (Å²) >= 11 is 0. The molecule has 0 saturated heterocycles. The van der Waals surface area contributed by atoms with E-state index in [2.05, 4.69) is 5.10 Å². The predicted molar refractivity (Wildman–Crippen MR) is 99.7 cm³/mol. The third kappa shape index (κ3) is 4.45. The second-order valence-electron chi connectivity index (χ2n) is 6.34. The van der Waals surface area contributed by atoms with Crippen LogP contribution >= 0.6 is 0 Å². The van der Waals surface area contributed by atoms with Gasteiger partial charge < -0.3 is 15.2 Å². The Morgan fingerprint density at radius 3 is 2.18 bits per heavy atom. The summed E-state index contributed by atoms with van der Waals surface area (Å²) in [5, 5.41) is 3.77. The topological polar surface area (TPSA) is 62.3 Å². The summed E-state index contributed by atoms with van der Waals surface area (Å²) in [7, 11) is 1.52. The molecular weight excluding hydrogens is 371 g/mol. The van der Waals surface area contributed by atoms with Crippen molar-refractivity contribution in [3.05, 3.63) is 60.3 Å². The van der Waals surface area contributed by atoms with Crippen LogP contribution in [0.15, 0.2) is 54.6 Å². The molecule has 0 radical (unpaired) electrons. The quantitative estimate of drug-likeness (QED) is 0.681. The van der Waals surface area contributed by atoms with E-state index in [9.17, 15) is 13.2 Å². The molecule has 148 valence electrons. The summed E-state index contributed by atoms with van der Waals surface area (Å²) in [5.74, 6) is 1.19. The van der Waals surface area contributed by atoms with Crippen molar-refractivity contribution in [1.29, 1.82) is 0 Å². The van der Waals surface area contributed by atoms with Crippen molar-refractivity contribution in [2.45, 2.75) is 19.1 Å². The van der Waals surface area contributed by atoms with E-state index in [0.717, 1.165) is 6.07 Å². The van der Waals surface area contributed by atoms with E-state index in [0.29, 0.717) is 35.1 Å². The van der Waals surface area contributed by atoms with Crippen molar-refractivity contribution >= 4 is 0 Å². The summed E-state index contributed by atoms with van der Waals surface area (Å²) < 4.78 is 51.6. The highest BCUT2D eigenvalue weighted by Crippen LogP contribution is 2.34. The van der Waals surface area contributed by atoms with Gasteiger partial charge in [0.15, 0.2) is 5.69 Å². The SMILES string of the molecule is COc1ccc(-n2nc(C(F)(F)F)cc2-c2ccc(OC[C@H](C)N)cc2)cc1. The van der Waals surface area contributed by atoms with Crippen LogP contribution in [0.1, 0.15) is 12.6 Å². The van der Waals surface area contributed by atoms with Gasteiger partial charge in [-0.3, -0.25) is 0 Å². The van der Waals surface area contributed by atoms with Crippen LogP contribution in [-0.4, -0.2) is 29.5 Å². The van der Waals surface area contributed by atoms with Crippen LogP contribution in [0, 0.1) is 0 Å². The van der Waals surface area contributed by atoms with Gasteiger partial charge in [-0.05, 0) is 61.5 Å². The van der Waals surface area contributed by atoms with E-state index >= 15 is 0 Å². The minimum Gasteiger partial charge on any atom is -0.497 e. The second kappa shape index (κ2) is 7.93. The van der Waals surface area contributed by atoms with Gasteiger partial charge in [-0.2, -0.15) is 18.3 Å². The number of rotatable bonds is 6. The molecule has 28 heavy (non-hydrogen) atoms. The third-order valence-electron chi connectivity index (χ3n) is 3.98. The number of halogens is 3. The molecule has 1 heterocycles. The Bertz CT molecular complexity index is 917. The number of benzene rings is 2. The number of ether oxygens (including phenoxy) is 2. The molecule has 0 amide bonds. The Morgan fingerprint density at radius 1 is 1.04 bits per heavy atom. The van der Waals surface area contributed by atoms with Crippen molar-refractivity contribution < 1.29 is 22.6 Å². The summed E-state index contributed by atoms with van der Waals surface area (Å²) in [4.78, 5) is 0. The van der Waals surface area contributed by atoms with E-state index in [4.69, 9.17) is 15.2 Å². The first-order valence-corrected chi connectivity index (χ1v) is 8.58. The molecule has 8 heteroatoms. The van der Waals surface area contributed by atoms with Gasteiger partial charge in [0.05, 0.1) is 18.5 Å². The van der Waals surface area contributed by atoms with Crippen LogP contribution in [-0.2, 0) is 6.18 Å². The van der Waals surface area contributed by atoms with Crippen LogP contribution in [0.3, 0.4) is 0 Å². The van der Waals surface area contributed by atoms with Crippen LogP contribution < -0.4 is 15.2 Å². The van der Waals surface area contributed by atoms with E-state index in [1.807, 2.05) is 6.92 Å². The molecule has 3 rings (SSSR count). The molecule has 2 N–H and O–H groups in total. The van der Waals surface area contributed by atoms with Crippen molar-refractivity contribution in [2.24, 2.45) is 5.73 Å². The zero-order valence-corrected chi connectivity index (χ0v) is 15.4. The highest BCUT2D eigenvalue weighted by molar-refractivity contribution is 5.64. The van der Waals surface area contributed by atoms with Gasteiger partial charge in [-0.1, -0.05) is 0 Å². The first-order valence-electron chi connectivity index (χ1n) is 8.58. The molecule has 2 aromatic carbocycles. The fourth-order valence-electron chi connectivity index (χ4n) is 2.60. The minimum atomic E-state index is -4.55. The number of hydrogen-bond acceptors (Lipinski definition) is 4. The molecule has 0 aliphatic rings. The predicted octanol–water partition coefficient (Wildman–Crippen LogP) is 4.29. The molecule has 0 aliphatic heterocycles. The molecule has 0 fully saturated rings. The fraction of sp³-hybridized carbons (Fsp3) is 0.250. The Labute approximate surface area is 160 Å². The molecule has 0 aliphatic carbocycles. The van der Waals surface area contributed by atoms with E-state index < -0.39 is 11.9 Å².